The number of pyridine rings is 1. The summed E-state index contributed by atoms with van der Waals surface area (Å²) in [6.07, 6.45) is 2.10. The van der Waals surface area contributed by atoms with Crippen molar-refractivity contribution in [1.29, 1.82) is 0 Å². The topological polar surface area (TPSA) is 88.3 Å². The van der Waals surface area contributed by atoms with Gasteiger partial charge in [0.05, 0.1) is 22.3 Å². The van der Waals surface area contributed by atoms with Gasteiger partial charge in [-0.25, -0.2) is 4.98 Å². The quantitative estimate of drug-likeness (QED) is 0.512. The van der Waals surface area contributed by atoms with Crippen molar-refractivity contribution in [2.75, 3.05) is 18.4 Å². The Morgan fingerprint density at radius 1 is 1.00 bits per heavy atom. The number of rotatable bonds is 4. The molecule has 0 bridgehead atoms. The van der Waals surface area contributed by atoms with Crippen molar-refractivity contribution in [3.8, 4) is 11.3 Å². The number of carbonyl (C=O) groups is 2. The Kier molecular flexibility index (Phi) is 5.15. The first kappa shape index (κ1) is 19.9. The summed E-state index contributed by atoms with van der Waals surface area (Å²) in [5, 5.41) is 7.50. The predicted octanol–water partition coefficient (Wildman–Crippen LogP) is 4.69. The lowest BCUT2D eigenvalue weighted by molar-refractivity contribution is 0.0792. The Morgan fingerprint density at radius 2 is 1.72 bits per heavy atom. The molecule has 2 amide bonds. The van der Waals surface area contributed by atoms with Crippen LogP contribution in [0.15, 0.2) is 65.2 Å². The lowest BCUT2D eigenvalue weighted by Crippen LogP contribution is -2.27. The second kappa shape index (κ2) is 8.26. The van der Waals surface area contributed by atoms with E-state index in [1.165, 1.54) is 0 Å². The van der Waals surface area contributed by atoms with Crippen LogP contribution >= 0.6 is 0 Å². The molecule has 1 aliphatic rings. The summed E-state index contributed by atoms with van der Waals surface area (Å²) in [5.74, 6) is -0.261. The minimum absolute atomic E-state index is 0.0313. The van der Waals surface area contributed by atoms with Crippen LogP contribution in [-0.4, -0.2) is 39.9 Å². The minimum Gasteiger partial charge on any atom is -0.339 e. The Bertz CT molecular complexity index is 1290. The molecule has 2 aromatic heterocycles. The van der Waals surface area contributed by atoms with Crippen molar-refractivity contribution >= 4 is 28.6 Å². The maximum absolute atomic E-state index is 13.2. The number of amides is 2. The van der Waals surface area contributed by atoms with E-state index in [2.05, 4.69) is 15.5 Å². The van der Waals surface area contributed by atoms with Gasteiger partial charge in [-0.05, 0) is 50.1 Å². The first-order valence-corrected chi connectivity index (χ1v) is 10.6. The molecule has 1 saturated heterocycles. The lowest BCUT2D eigenvalue weighted by atomic mass is 10.0. The zero-order chi connectivity index (χ0) is 22.1. The van der Waals surface area contributed by atoms with Gasteiger partial charge in [0, 0.05) is 29.9 Å². The average Bonchev–Trinajstić information content (AvgIpc) is 3.50. The fourth-order valence-corrected chi connectivity index (χ4v) is 4.03. The maximum Gasteiger partial charge on any atom is 0.259 e. The molecular weight excluding hydrogens is 404 g/mol. The second-order valence-corrected chi connectivity index (χ2v) is 7.90. The second-order valence-electron chi connectivity index (χ2n) is 7.90. The molecule has 0 radical (unpaired) electrons. The zero-order valence-corrected chi connectivity index (χ0v) is 17.7. The number of hydrogen-bond donors (Lipinski definition) is 1. The number of nitrogens with zero attached hydrogens (tertiary/aromatic N) is 3. The molecule has 0 atom stereocenters. The smallest absolute Gasteiger partial charge is 0.259 e. The minimum atomic E-state index is -0.292. The molecule has 2 aromatic carbocycles. The van der Waals surface area contributed by atoms with Crippen LogP contribution in [0.1, 0.15) is 39.3 Å². The van der Waals surface area contributed by atoms with Crippen molar-refractivity contribution in [3.63, 3.8) is 0 Å². The summed E-state index contributed by atoms with van der Waals surface area (Å²) in [6, 6.07) is 18.3. The average molecular weight is 426 g/mol. The first-order chi connectivity index (χ1) is 15.6. The SMILES string of the molecule is Cc1noc2nc(-c3ccccc3)cc(C(=O)Nc3ccc(C(=O)N4CCCC4)cc3)c12. The molecule has 0 saturated carbocycles. The Morgan fingerprint density at radius 3 is 2.44 bits per heavy atom. The number of likely N-dealkylation sites (tertiary alicyclic amines) is 1. The summed E-state index contributed by atoms with van der Waals surface area (Å²) >= 11 is 0. The normalized spacial score (nSPS) is 13.5. The van der Waals surface area contributed by atoms with E-state index in [4.69, 9.17) is 4.52 Å². The van der Waals surface area contributed by atoms with Crippen LogP contribution in [0.4, 0.5) is 5.69 Å². The van der Waals surface area contributed by atoms with E-state index in [9.17, 15) is 9.59 Å². The standard InChI is InChI=1S/C25H22N4O3/c1-16-22-20(15-21(27-24(22)32-28-16)17-7-3-2-4-8-17)23(30)26-19-11-9-18(10-12-19)25(31)29-13-5-6-14-29/h2-4,7-12,15H,5-6,13-14H2,1H3,(H,26,30). The molecule has 1 fully saturated rings. The number of aromatic nitrogens is 2. The highest BCUT2D eigenvalue weighted by atomic mass is 16.5. The van der Waals surface area contributed by atoms with Crippen molar-refractivity contribution < 1.29 is 14.1 Å². The summed E-state index contributed by atoms with van der Waals surface area (Å²) in [4.78, 5) is 32.1. The molecular formula is C25H22N4O3. The van der Waals surface area contributed by atoms with Gasteiger partial charge in [0.15, 0.2) is 0 Å². The van der Waals surface area contributed by atoms with Crippen LogP contribution in [0.5, 0.6) is 0 Å². The highest BCUT2D eigenvalue weighted by molar-refractivity contribution is 6.13. The molecule has 160 valence electrons. The van der Waals surface area contributed by atoms with E-state index in [1.807, 2.05) is 35.2 Å². The van der Waals surface area contributed by atoms with Gasteiger partial charge in [0.1, 0.15) is 0 Å². The molecule has 5 rings (SSSR count). The molecule has 0 unspecified atom stereocenters. The Labute approximate surface area is 185 Å². The molecule has 1 aliphatic heterocycles. The van der Waals surface area contributed by atoms with Gasteiger partial charge in [0.2, 0.25) is 0 Å². The van der Waals surface area contributed by atoms with Crippen LogP contribution in [0.25, 0.3) is 22.4 Å². The third-order valence-electron chi connectivity index (χ3n) is 5.71. The molecule has 7 heteroatoms. The molecule has 3 heterocycles. The summed E-state index contributed by atoms with van der Waals surface area (Å²) in [6.45, 7) is 3.39. The molecule has 0 spiro atoms. The first-order valence-electron chi connectivity index (χ1n) is 10.6. The number of benzene rings is 2. The van der Waals surface area contributed by atoms with Crippen LogP contribution in [-0.2, 0) is 0 Å². The van der Waals surface area contributed by atoms with Gasteiger partial charge >= 0.3 is 0 Å². The van der Waals surface area contributed by atoms with Crippen molar-refractivity contribution in [3.05, 3.63) is 77.5 Å². The van der Waals surface area contributed by atoms with Gasteiger partial charge in [-0.2, -0.15) is 0 Å². The van der Waals surface area contributed by atoms with E-state index in [-0.39, 0.29) is 11.8 Å². The number of carbonyl (C=O) groups excluding carboxylic acids is 2. The van der Waals surface area contributed by atoms with Gasteiger partial charge in [-0.1, -0.05) is 35.5 Å². The number of anilines is 1. The van der Waals surface area contributed by atoms with Gasteiger partial charge < -0.3 is 14.7 Å². The fraction of sp³-hybridized carbons (Fsp3) is 0.200. The van der Waals surface area contributed by atoms with Gasteiger partial charge in [-0.15, -0.1) is 0 Å². The summed E-state index contributed by atoms with van der Waals surface area (Å²) in [7, 11) is 0. The molecule has 1 N–H and O–H groups in total. The van der Waals surface area contributed by atoms with Crippen molar-refractivity contribution in [2.45, 2.75) is 19.8 Å². The van der Waals surface area contributed by atoms with Crippen LogP contribution in [0.3, 0.4) is 0 Å². The van der Waals surface area contributed by atoms with E-state index in [1.54, 1.807) is 37.3 Å². The van der Waals surface area contributed by atoms with E-state index in [0.29, 0.717) is 39.3 Å². The Hall–Kier alpha value is -4.00. The van der Waals surface area contributed by atoms with E-state index in [0.717, 1.165) is 31.5 Å². The van der Waals surface area contributed by atoms with Gasteiger partial charge in [0.25, 0.3) is 17.5 Å². The number of aryl methyl sites for hydroxylation is 1. The maximum atomic E-state index is 13.2. The van der Waals surface area contributed by atoms with E-state index < -0.39 is 0 Å². The largest absolute Gasteiger partial charge is 0.339 e. The number of hydrogen-bond acceptors (Lipinski definition) is 5. The van der Waals surface area contributed by atoms with E-state index >= 15 is 0 Å². The molecule has 32 heavy (non-hydrogen) atoms. The van der Waals surface area contributed by atoms with Crippen molar-refractivity contribution in [1.82, 2.24) is 15.0 Å². The van der Waals surface area contributed by atoms with Crippen LogP contribution in [0.2, 0.25) is 0 Å². The van der Waals surface area contributed by atoms with Crippen LogP contribution < -0.4 is 5.32 Å². The predicted molar refractivity (Wildman–Crippen MR) is 122 cm³/mol. The van der Waals surface area contributed by atoms with Gasteiger partial charge in [-0.3, -0.25) is 9.59 Å². The highest BCUT2D eigenvalue weighted by Gasteiger charge is 2.21. The summed E-state index contributed by atoms with van der Waals surface area (Å²) in [5.41, 5.74) is 4.09. The number of fused-ring (bicyclic) bond motifs is 1. The molecule has 7 nitrogen and oxygen atoms in total. The lowest BCUT2D eigenvalue weighted by Gasteiger charge is -2.15. The summed E-state index contributed by atoms with van der Waals surface area (Å²) < 4.78 is 5.36. The highest BCUT2D eigenvalue weighted by Crippen LogP contribution is 2.27. The fourth-order valence-electron chi connectivity index (χ4n) is 4.03. The third kappa shape index (κ3) is 3.73. The molecule has 4 aromatic rings. The van der Waals surface area contributed by atoms with Crippen molar-refractivity contribution in [2.24, 2.45) is 0 Å². The monoisotopic (exact) mass is 426 g/mol. The molecule has 0 aliphatic carbocycles. The zero-order valence-electron chi connectivity index (χ0n) is 17.7. The third-order valence-corrected chi connectivity index (χ3v) is 5.71. The van der Waals surface area contributed by atoms with Crippen LogP contribution in [0, 0.1) is 6.92 Å². The Balaban J connectivity index is 1.43. The number of nitrogens with one attached hydrogen (secondary N) is 1.